The van der Waals surface area contributed by atoms with Gasteiger partial charge in [0.15, 0.2) is 17.3 Å². The second-order valence-corrected chi connectivity index (χ2v) is 6.73. The molecule has 0 aliphatic rings. The van der Waals surface area contributed by atoms with Crippen LogP contribution in [0.2, 0.25) is 0 Å². The van der Waals surface area contributed by atoms with Gasteiger partial charge in [-0.15, -0.1) is 0 Å². The monoisotopic (exact) mass is 447 g/mol. The van der Waals surface area contributed by atoms with Crippen LogP contribution in [0.1, 0.15) is 5.56 Å². The van der Waals surface area contributed by atoms with E-state index in [1.54, 1.807) is 48.5 Å². The number of nitrogens with zero attached hydrogens (tertiary/aromatic N) is 2. The molecule has 168 valence electrons. The molecule has 0 unspecified atom stereocenters. The van der Waals surface area contributed by atoms with Crippen LogP contribution in [-0.4, -0.2) is 37.4 Å². The zero-order chi connectivity index (χ0) is 23.2. The van der Waals surface area contributed by atoms with Crippen molar-refractivity contribution in [1.82, 2.24) is 10.1 Å². The van der Waals surface area contributed by atoms with Crippen LogP contribution in [0.15, 0.2) is 69.8 Å². The Balaban J connectivity index is 1.54. The summed E-state index contributed by atoms with van der Waals surface area (Å²) >= 11 is 0. The Morgan fingerprint density at radius 2 is 1.76 bits per heavy atom. The number of nitrogens with one attached hydrogen (secondary N) is 1. The van der Waals surface area contributed by atoms with E-state index in [2.05, 4.69) is 15.5 Å². The number of amides is 1. The number of rotatable bonds is 8. The molecule has 2 aromatic heterocycles. The summed E-state index contributed by atoms with van der Waals surface area (Å²) < 4.78 is 26.7. The second-order valence-electron chi connectivity index (χ2n) is 6.73. The lowest BCUT2D eigenvalue weighted by Crippen LogP contribution is -2.08. The van der Waals surface area contributed by atoms with Crippen molar-refractivity contribution in [2.45, 2.75) is 0 Å². The Bertz CT molecular complexity index is 1250. The van der Waals surface area contributed by atoms with E-state index in [1.165, 1.54) is 33.7 Å². The molecule has 0 saturated heterocycles. The summed E-state index contributed by atoms with van der Waals surface area (Å²) in [5.41, 5.74) is 1.80. The van der Waals surface area contributed by atoms with Crippen LogP contribution in [0.25, 0.3) is 29.1 Å². The number of aromatic nitrogens is 2. The molecule has 0 aliphatic heterocycles. The van der Waals surface area contributed by atoms with Crippen molar-refractivity contribution in [3.8, 4) is 40.3 Å². The molecule has 1 amide bonds. The topological polar surface area (TPSA) is 109 Å². The third kappa shape index (κ3) is 4.72. The fourth-order valence-corrected chi connectivity index (χ4v) is 3.16. The molecular formula is C24H21N3O6. The van der Waals surface area contributed by atoms with Crippen molar-refractivity contribution in [1.29, 1.82) is 0 Å². The van der Waals surface area contributed by atoms with Crippen LogP contribution in [0, 0.1) is 0 Å². The summed E-state index contributed by atoms with van der Waals surface area (Å²) in [5, 5.41) is 6.78. The van der Waals surface area contributed by atoms with Crippen LogP contribution in [-0.2, 0) is 4.79 Å². The molecule has 0 aliphatic carbocycles. The molecular weight excluding hydrogens is 426 g/mol. The van der Waals surface area contributed by atoms with Gasteiger partial charge in [0.05, 0.1) is 38.8 Å². The van der Waals surface area contributed by atoms with Crippen LogP contribution in [0.4, 0.5) is 5.69 Å². The number of methoxy groups -OCH3 is 3. The average molecular weight is 447 g/mol. The van der Waals surface area contributed by atoms with Gasteiger partial charge in [0.1, 0.15) is 0 Å². The van der Waals surface area contributed by atoms with Gasteiger partial charge in [-0.2, -0.15) is 4.98 Å². The second kappa shape index (κ2) is 9.73. The van der Waals surface area contributed by atoms with E-state index in [1.807, 2.05) is 6.07 Å². The van der Waals surface area contributed by atoms with Gasteiger partial charge < -0.3 is 28.5 Å². The molecule has 2 aromatic carbocycles. The van der Waals surface area contributed by atoms with E-state index < -0.39 is 0 Å². The molecule has 0 bridgehead atoms. The van der Waals surface area contributed by atoms with Gasteiger partial charge in [0.25, 0.3) is 5.89 Å². The Morgan fingerprint density at radius 3 is 2.42 bits per heavy atom. The zero-order valence-corrected chi connectivity index (χ0v) is 18.2. The number of ether oxygens (including phenoxy) is 3. The number of carbonyl (C=O) groups excluding carboxylic acids is 1. The minimum atomic E-state index is -0.345. The number of anilines is 1. The highest BCUT2D eigenvalue weighted by Gasteiger charge is 2.16. The molecule has 1 N–H and O–H groups in total. The summed E-state index contributed by atoms with van der Waals surface area (Å²) in [6, 6.07) is 14.1. The average Bonchev–Trinajstić information content (AvgIpc) is 3.54. The number of para-hydroxylation sites is 1. The molecule has 0 fully saturated rings. The third-order valence-corrected chi connectivity index (χ3v) is 4.70. The highest BCUT2D eigenvalue weighted by atomic mass is 16.5. The van der Waals surface area contributed by atoms with Gasteiger partial charge in [-0.1, -0.05) is 17.3 Å². The van der Waals surface area contributed by atoms with Crippen LogP contribution in [0.5, 0.6) is 17.2 Å². The molecule has 4 aromatic rings. The van der Waals surface area contributed by atoms with E-state index in [4.69, 9.17) is 23.2 Å². The Morgan fingerprint density at radius 1 is 1.00 bits per heavy atom. The SMILES string of the molecule is COc1cc(/C=C/C(=O)Nc2ccccc2-c2nc(-c3ccco3)no2)cc(OC)c1OC. The van der Waals surface area contributed by atoms with Gasteiger partial charge in [-0.3, -0.25) is 4.79 Å². The number of carbonyl (C=O) groups is 1. The standard InChI is InChI=1S/C24H21N3O6/c1-29-19-13-15(14-20(30-2)22(19)31-3)10-11-21(28)25-17-8-5-4-7-16(17)24-26-23(27-33-24)18-9-6-12-32-18/h4-14H,1-3H3,(H,25,28)/b11-10+. The van der Waals surface area contributed by atoms with Crippen LogP contribution in [0.3, 0.4) is 0 Å². The molecule has 0 saturated carbocycles. The third-order valence-electron chi connectivity index (χ3n) is 4.70. The van der Waals surface area contributed by atoms with Gasteiger partial charge in [0.2, 0.25) is 17.5 Å². The molecule has 2 heterocycles. The van der Waals surface area contributed by atoms with Crippen LogP contribution >= 0.6 is 0 Å². The quantitative estimate of drug-likeness (QED) is 0.388. The fraction of sp³-hybridized carbons (Fsp3) is 0.125. The van der Waals surface area contributed by atoms with E-state index in [0.717, 1.165) is 0 Å². The van der Waals surface area contributed by atoms with Crippen molar-refractivity contribution in [2.75, 3.05) is 26.6 Å². The van der Waals surface area contributed by atoms with Gasteiger partial charge in [0, 0.05) is 6.08 Å². The summed E-state index contributed by atoms with van der Waals surface area (Å²) in [6.07, 6.45) is 4.57. The smallest absolute Gasteiger partial charge is 0.260 e. The fourth-order valence-electron chi connectivity index (χ4n) is 3.16. The summed E-state index contributed by atoms with van der Waals surface area (Å²) in [6.45, 7) is 0. The molecule has 33 heavy (non-hydrogen) atoms. The lowest BCUT2D eigenvalue weighted by Gasteiger charge is -2.12. The normalized spacial score (nSPS) is 10.9. The molecule has 4 rings (SSSR count). The number of benzene rings is 2. The molecule has 9 nitrogen and oxygen atoms in total. The Hall–Kier alpha value is -4.53. The first kappa shape index (κ1) is 21.7. The Labute approximate surface area is 189 Å². The van der Waals surface area contributed by atoms with Crippen molar-refractivity contribution >= 4 is 17.7 Å². The largest absolute Gasteiger partial charge is 0.493 e. The van der Waals surface area contributed by atoms with Crippen molar-refractivity contribution in [3.63, 3.8) is 0 Å². The first-order valence-corrected chi connectivity index (χ1v) is 9.89. The lowest BCUT2D eigenvalue weighted by molar-refractivity contribution is -0.111. The first-order chi connectivity index (χ1) is 16.1. The van der Waals surface area contributed by atoms with Crippen LogP contribution < -0.4 is 19.5 Å². The number of hydrogen-bond donors (Lipinski definition) is 1. The number of hydrogen-bond acceptors (Lipinski definition) is 8. The highest BCUT2D eigenvalue weighted by Crippen LogP contribution is 2.38. The molecule has 0 atom stereocenters. The van der Waals surface area contributed by atoms with Gasteiger partial charge in [-0.25, -0.2) is 0 Å². The summed E-state index contributed by atoms with van der Waals surface area (Å²) in [7, 11) is 4.59. The minimum absolute atomic E-state index is 0.255. The minimum Gasteiger partial charge on any atom is -0.493 e. The van der Waals surface area contributed by atoms with E-state index in [9.17, 15) is 4.79 Å². The highest BCUT2D eigenvalue weighted by molar-refractivity contribution is 6.04. The lowest BCUT2D eigenvalue weighted by atomic mass is 10.1. The molecule has 9 heteroatoms. The Kier molecular flexibility index (Phi) is 6.40. The maximum Gasteiger partial charge on any atom is 0.260 e. The van der Waals surface area contributed by atoms with Crippen molar-refractivity contribution in [3.05, 3.63) is 66.4 Å². The van der Waals surface area contributed by atoms with E-state index in [-0.39, 0.29) is 11.8 Å². The zero-order valence-electron chi connectivity index (χ0n) is 18.2. The van der Waals surface area contributed by atoms with Gasteiger partial charge in [-0.05, 0) is 48.0 Å². The summed E-state index contributed by atoms with van der Waals surface area (Å²) in [4.78, 5) is 17.0. The predicted octanol–water partition coefficient (Wildman–Crippen LogP) is 4.67. The first-order valence-electron chi connectivity index (χ1n) is 9.89. The van der Waals surface area contributed by atoms with Crippen molar-refractivity contribution < 1.29 is 27.9 Å². The molecule has 0 spiro atoms. The maximum absolute atomic E-state index is 12.6. The predicted molar refractivity (Wildman–Crippen MR) is 121 cm³/mol. The van der Waals surface area contributed by atoms with Crippen molar-refractivity contribution in [2.24, 2.45) is 0 Å². The molecule has 0 radical (unpaired) electrons. The van der Waals surface area contributed by atoms with Gasteiger partial charge >= 0.3 is 0 Å². The number of furan rings is 1. The summed E-state index contributed by atoms with van der Waals surface area (Å²) in [5.74, 6) is 2.17. The van der Waals surface area contributed by atoms with E-state index >= 15 is 0 Å². The maximum atomic E-state index is 12.6. The van der Waals surface area contributed by atoms with E-state index in [0.29, 0.717) is 45.6 Å².